The molecular formula is C27H30N3O3+. The Hall–Kier alpha value is -3.90. The lowest BCUT2D eigenvalue weighted by atomic mass is 9.92. The van der Waals surface area contributed by atoms with Crippen LogP contribution in [0, 0.1) is 12.3 Å². The Kier molecular flexibility index (Phi) is 8.00. The maximum atomic E-state index is 13.7. The lowest BCUT2D eigenvalue weighted by Gasteiger charge is -2.21. The van der Waals surface area contributed by atoms with Crippen LogP contribution in [0.5, 0.6) is 11.5 Å². The van der Waals surface area contributed by atoms with Crippen molar-refractivity contribution in [1.82, 2.24) is 0 Å². The fourth-order valence-electron chi connectivity index (χ4n) is 3.50. The average molecular weight is 445 g/mol. The van der Waals surface area contributed by atoms with Gasteiger partial charge in [0, 0.05) is 23.9 Å². The molecule has 33 heavy (non-hydrogen) atoms. The van der Waals surface area contributed by atoms with E-state index in [-0.39, 0.29) is 11.5 Å². The van der Waals surface area contributed by atoms with Gasteiger partial charge in [0.25, 0.3) is 0 Å². The Morgan fingerprint density at radius 2 is 1.58 bits per heavy atom. The first-order chi connectivity index (χ1) is 16.0. The molecule has 0 radical (unpaired) electrons. The summed E-state index contributed by atoms with van der Waals surface area (Å²) in [6.45, 7) is 2.00. The molecule has 0 saturated carbocycles. The maximum absolute atomic E-state index is 13.7. The van der Waals surface area contributed by atoms with E-state index in [2.05, 4.69) is 5.32 Å². The zero-order valence-corrected chi connectivity index (χ0v) is 19.4. The van der Waals surface area contributed by atoms with Crippen LogP contribution in [0.25, 0.3) is 5.57 Å². The SMILES string of the molecule is C[NH2+]/C=C(\C(=N)C(=O)C(Nc1cc(OC)cc(OC)c1)c1ccc(C)cc1)c1ccccc1. The van der Waals surface area contributed by atoms with Gasteiger partial charge in [0.05, 0.1) is 26.8 Å². The van der Waals surface area contributed by atoms with Gasteiger partial charge in [-0.15, -0.1) is 0 Å². The van der Waals surface area contributed by atoms with E-state index >= 15 is 0 Å². The van der Waals surface area contributed by atoms with Gasteiger partial charge in [0.15, 0.2) is 0 Å². The van der Waals surface area contributed by atoms with E-state index in [0.29, 0.717) is 22.8 Å². The van der Waals surface area contributed by atoms with Crippen LogP contribution in [0.1, 0.15) is 22.7 Å². The highest BCUT2D eigenvalue weighted by molar-refractivity contribution is 6.56. The van der Waals surface area contributed by atoms with Crippen molar-refractivity contribution in [1.29, 1.82) is 5.41 Å². The number of ketones is 1. The van der Waals surface area contributed by atoms with E-state index in [4.69, 9.17) is 14.9 Å². The summed E-state index contributed by atoms with van der Waals surface area (Å²) in [5.41, 5.74) is 3.85. The number of rotatable bonds is 10. The van der Waals surface area contributed by atoms with Crippen molar-refractivity contribution < 1.29 is 19.6 Å². The topological polar surface area (TPSA) is 88.0 Å². The van der Waals surface area contributed by atoms with Crippen LogP contribution >= 0.6 is 0 Å². The minimum atomic E-state index is -0.765. The number of hydrogen-bond acceptors (Lipinski definition) is 5. The molecule has 4 N–H and O–H groups in total. The summed E-state index contributed by atoms with van der Waals surface area (Å²) in [5.74, 6) is 0.873. The number of carbonyl (C=O) groups excluding carboxylic acids is 1. The summed E-state index contributed by atoms with van der Waals surface area (Å²) < 4.78 is 10.8. The van der Waals surface area contributed by atoms with Gasteiger partial charge < -0.3 is 20.1 Å². The monoisotopic (exact) mass is 444 g/mol. The Morgan fingerprint density at radius 1 is 0.970 bits per heavy atom. The standard InChI is InChI=1S/C27H29N3O3/c1-18-10-12-20(13-11-18)26(30-21-14-22(32-3)16-23(15-21)33-4)27(31)25(28)24(17-29-2)19-8-6-5-7-9-19/h5-17,26,28-30H,1-4H3/p+1/b24-17-,28-25?. The first-order valence-electron chi connectivity index (χ1n) is 10.7. The van der Waals surface area contributed by atoms with Crippen molar-refractivity contribution in [2.45, 2.75) is 13.0 Å². The van der Waals surface area contributed by atoms with Gasteiger partial charge in [-0.3, -0.25) is 10.2 Å². The van der Waals surface area contributed by atoms with Crippen molar-refractivity contribution in [3.8, 4) is 11.5 Å². The first-order valence-corrected chi connectivity index (χ1v) is 10.7. The molecule has 3 aromatic carbocycles. The number of quaternary nitrogens is 1. The third kappa shape index (κ3) is 5.87. The summed E-state index contributed by atoms with van der Waals surface area (Å²) in [5, 5.41) is 14.0. The lowest BCUT2D eigenvalue weighted by molar-refractivity contribution is -0.555. The highest BCUT2D eigenvalue weighted by Crippen LogP contribution is 2.30. The average Bonchev–Trinajstić information content (AvgIpc) is 2.86. The minimum Gasteiger partial charge on any atom is -0.497 e. The van der Waals surface area contributed by atoms with E-state index in [9.17, 15) is 4.79 Å². The van der Waals surface area contributed by atoms with Gasteiger partial charge in [0.2, 0.25) is 5.78 Å². The molecule has 3 aromatic rings. The highest BCUT2D eigenvalue weighted by atomic mass is 16.5. The first kappa shape index (κ1) is 23.8. The largest absolute Gasteiger partial charge is 0.497 e. The van der Waals surface area contributed by atoms with Crippen molar-refractivity contribution in [2.24, 2.45) is 0 Å². The number of hydrogen-bond donors (Lipinski definition) is 3. The molecule has 0 aromatic heterocycles. The molecule has 0 fully saturated rings. The normalized spacial score (nSPS) is 12.1. The lowest BCUT2D eigenvalue weighted by Crippen LogP contribution is -2.73. The Morgan fingerprint density at radius 3 is 2.12 bits per heavy atom. The molecule has 3 rings (SSSR count). The highest BCUT2D eigenvalue weighted by Gasteiger charge is 2.28. The number of benzene rings is 3. The van der Waals surface area contributed by atoms with Gasteiger partial charge in [0.1, 0.15) is 29.5 Å². The van der Waals surface area contributed by atoms with Crippen LogP contribution in [-0.2, 0) is 4.79 Å². The smallest absolute Gasteiger partial charge is 0.207 e. The van der Waals surface area contributed by atoms with E-state index in [0.717, 1.165) is 16.7 Å². The van der Waals surface area contributed by atoms with Crippen LogP contribution < -0.4 is 20.1 Å². The van der Waals surface area contributed by atoms with Crippen LogP contribution in [-0.4, -0.2) is 32.8 Å². The van der Waals surface area contributed by atoms with Crippen LogP contribution in [0.3, 0.4) is 0 Å². The number of anilines is 1. The Balaban J connectivity index is 2.02. The Labute approximate surface area is 194 Å². The molecule has 0 heterocycles. The van der Waals surface area contributed by atoms with Crippen molar-refractivity contribution in [2.75, 3.05) is 26.6 Å². The van der Waals surface area contributed by atoms with Gasteiger partial charge in [-0.1, -0.05) is 60.2 Å². The number of carbonyl (C=O) groups is 1. The molecule has 0 amide bonds. The molecule has 170 valence electrons. The zero-order chi connectivity index (χ0) is 23.8. The Bertz CT molecular complexity index is 1120. The second kappa shape index (κ2) is 11.1. The molecule has 0 aliphatic heterocycles. The van der Waals surface area contributed by atoms with Gasteiger partial charge >= 0.3 is 0 Å². The molecular weight excluding hydrogens is 414 g/mol. The summed E-state index contributed by atoms with van der Waals surface area (Å²) in [4.78, 5) is 13.7. The molecule has 6 nitrogen and oxygen atoms in total. The second-order valence-corrected chi connectivity index (χ2v) is 7.61. The van der Waals surface area contributed by atoms with E-state index in [1.165, 1.54) is 0 Å². The van der Waals surface area contributed by atoms with Gasteiger partial charge in [-0.05, 0) is 18.1 Å². The van der Waals surface area contributed by atoms with E-state index in [1.54, 1.807) is 38.6 Å². The zero-order valence-electron chi connectivity index (χ0n) is 19.4. The molecule has 6 heteroatoms. The molecule has 0 bridgehead atoms. The fraction of sp³-hybridized carbons (Fsp3) is 0.185. The molecule has 0 aliphatic rings. The van der Waals surface area contributed by atoms with Gasteiger partial charge in [-0.25, -0.2) is 0 Å². The van der Waals surface area contributed by atoms with Crippen LogP contribution in [0.2, 0.25) is 0 Å². The predicted molar refractivity (Wildman–Crippen MR) is 132 cm³/mol. The summed E-state index contributed by atoms with van der Waals surface area (Å²) in [6, 6.07) is 21.9. The third-order valence-corrected chi connectivity index (χ3v) is 5.27. The molecule has 0 aliphatic carbocycles. The number of allylic oxidation sites excluding steroid dienone is 1. The summed E-state index contributed by atoms with van der Waals surface area (Å²) in [6.07, 6.45) is 1.80. The minimum absolute atomic E-state index is 0.0627. The van der Waals surface area contributed by atoms with Crippen molar-refractivity contribution in [3.63, 3.8) is 0 Å². The number of aryl methyl sites for hydroxylation is 1. The van der Waals surface area contributed by atoms with Crippen molar-refractivity contribution >= 4 is 22.8 Å². The number of Topliss-reactive ketones (excluding diaryl/α,β-unsaturated/α-hetero) is 1. The molecule has 0 spiro atoms. The maximum Gasteiger partial charge on any atom is 0.207 e. The van der Waals surface area contributed by atoms with Gasteiger partial charge in [-0.2, -0.15) is 0 Å². The molecule has 0 saturated heterocycles. The second-order valence-electron chi connectivity index (χ2n) is 7.61. The summed E-state index contributed by atoms with van der Waals surface area (Å²) in [7, 11) is 5.03. The molecule has 1 atom stereocenters. The fourth-order valence-corrected chi connectivity index (χ4v) is 3.50. The van der Waals surface area contributed by atoms with E-state index in [1.807, 2.05) is 73.9 Å². The molecule has 1 unspecified atom stereocenters. The van der Waals surface area contributed by atoms with Crippen molar-refractivity contribution in [3.05, 3.63) is 95.7 Å². The number of ether oxygens (including phenoxy) is 2. The number of nitrogens with two attached hydrogens (primary N) is 1. The number of methoxy groups -OCH3 is 2. The van der Waals surface area contributed by atoms with Crippen LogP contribution in [0.4, 0.5) is 5.69 Å². The summed E-state index contributed by atoms with van der Waals surface area (Å²) >= 11 is 0. The van der Waals surface area contributed by atoms with E-state index < -0.39 is 6.04 Å². The third-order valence-electron chi connectivity index (χ3n) is 5.27. The van der Waals surface area contributed by atoms with Crippen LogP contribution in [0.15, 0.2) is 79.0 Å². The predicted octanol–water partition coefficient (Wildman–Crippen LogP) is 3.99. The number of nitrogens with one attached hydrogen (secondary N) is 2. The quantitative estimate of drug-likeness (QED) is 0.413.